The van der Waals surface area contributed by atoms with E-state index >= 15 is 0 Å². The minimum Gasteiger partial charge on any atom is -0.469 e. The minimum absolute atomic E-state index is 0.0446. The third kappa shape index (κ3) is 5.58. The first-order chi connectivity index (χ1) is 12.0. The summed E-state index contributed by atoms with van der Waals surface area (Å²) in [6.45, 7) is 3.05. The van der Waals surface area contributed by atoms with E-state index in [4.69, 9.17) is 4.74 Å². The number of rotatable bonds is 7. The van der Waals surface area contributed by atoms with E-state index in [0.717, 1.165) is 18.0 Å². The Morgan fingerprint density at radius 2 is 1.88 bits per heavy atom. The van der Waals surface area contributed by atoms with Crippen LogP contribution in [-0.4, -0.2) is 37.5 Å². The van der Waals surface area contributed by atoms with Gasteiger partial charge in [0.1, 0.15) is 0 Å². The van der Waals surface area contributed by atoms with Gasteiger partial charge in [-0.15, -0.1) is 0 Å². The van der Waals surface area contributed by atoms with Crippen molar-refractivity contribution in [1.29, 1.82) is 0 Å². The zero-order valence-electron chi connectivity index (χ0n) is 15.8. The lowest BCUT2D eigenvalue weighted by molar-refractivity contribution is -0.140. The highest BCUT2D eigenvalue weighted by molar-refractivity contribution is 5.95. The van der Waals surface area contributed by atoms with E-state index in [9.17, 15) is 9.59 Å². The summed E-state index contributed by atoms with van der Waals surface area (Å²) in [6.07, 6.45) is 7.40. The van der Waals surface area contributed by atoms with Crippen molar-refractivity contribution in [1.82, 2.24) is 4.90 Å². The normalized spacial score (nSPS) is 16.3. The van der Waals surface area contributed by atoms with E-state index in [2.05, 4.69) is 6.92 Å². The van der Waals surface area contributed by atoms with Crippen LogP contribution in [-0.2, 0) is 16.0 Å². The number of benzene rings is 1. The number of carbonyl (C=O) groups is 2. The van der Waals surface area contributed by atoms with Gasteiger partial charge in [0.15, 0.2) is 0 Å². The molecule has 1 unspecified atom stereocenters. The van der Waals surface area contributed by atoms with Gasteiger partial charge in [-0.3, -0.25) is 9.59 Å². The summed E-state index contributed by atoms with van der Waals surface area (Å²) in [5.74, 6) is 1.06. The fourth-order valence-corrected chi connectivity index (χ4v) is 3.86. The molecule has 1 aromatic carbocycles. The van der Waals surface area contributed by atoms with Crippen molar-refractivity contribution in [2.75, 3.05) is 20.7 Å². The first-order valence-corrected chi connectivity index (χ1v) is 9.43. The monoisotopic (exact) mass is 345 g/mol. The Labute approximate surface area is 151 Å². The summed E-state index contributed by atoms with van der Waals surface area (Å²) in [6, 6.07) is 7.58. The second-order valence-corrected chi connectivity index (χ2v) is 7.29. The van der Waals surface area contributed by atoms with E-state index in [-0.39, 0.29) is 11.9 Å². The Morgan fingerprint density at radius 1 is 1.20 bits per heavy atom. The molecule has 1 amide bonds. The predicted molar refractivity (Wildman–Crippen MR) is 99.5 cm³/mol. The van der Waals surface area contributed by atoms with E-state index in [0.29, 0.717) is 24.3 Å². The van der Waals surface area contributed by atoms with Crippen molar-refractivity contribution in [3.63, 3.8) is 0 Å². The van der Waals surface area contributed by atoms with Crippen molar-refractivity contribution in [2.45, 2.75) is 51.9 Å². The van der Waals surface area contributed by atoms with Crippen LogP contribution in [0.15, 0.2) is 24.3 Å². The van der Waals surface area contributed by atoms with Gasteiger partial charge in [0.25, 0.3) is 5.91 Å². The fourth-order valence-electron chi connectivity index (χ4n) is 3.86. The molecule has 0 aliphatic heterocycles. The molecule has 0 radical (unpaired) electrons. The number of nitrogens with zero attached hydrogens (tertiary/aromatic N) is 1. The topological polar surface area (TPSA) is 46.6 Å². The first kappa shape index (κ1) is 19.5. The van der Waals surface area contributed by atoms with Gasteiger partial charge in [-0.1, -0.05) is 57.2 Å². The van der Waals surface area contributed by atoms with Gasteiger partial charge in [-0.25, -0.2) is 0 Å². The molecule has 25 heavy (non-hydrogen) atoms. The van der Waals surface area contributed by atoms with Crippen LogP contribution in [0.5, 0.6) is 0 Å². The minimum atomic E-state index is -0.249. The highest BCUT2D eigenvalue weighted by Gasteiger charge is 2.24. The lowest BCUT2D eigenvalue weighted by Gasteiger charge is -2.31. The van der Waals surface area contributed by atoms with E-state index in [1.165, 1.54) is 39.2 Å². The third-order valence-electron chi connectivity index (χ3n) is 5.44. The van der Waals surface area contributed by atoms with E-state index < -0.39 is 0 Å². The molecule has 1 aliphatic carbocycles. The summed E-state index contributed by atoms with van der Waals surface area (Å²) >= 11 is 0. The molecule has 1 atom stereocenters. The lowest BCUT2D eigenvalue weighted by Crippen LogP contribution is -2.34. The Balaban J connectivity index is 1.99. The number of amides is 1. The maximum atomic E-state index is 12.9. The van der Waals surface area contributed by atoms with Crippen LogP contribution in [0.4, 0.5) is 0 Å². The first-order valence-electron chi connectivity index (χ1n) is 9.43. The van der Waals surface area contributed by atoms with Gasteiger partial charge in [0, 0.05) is 25.6 Å². The molecule has 0 bridgehead atoms. The summed E-state index contributed by atoms with van der Waals surface area (Å²) in [5.41, 5.74) is 1.61. The zero-order chi connectivity index (χ0) is 18.2. The summed E-state index contributed by atoms with van der Waals surface area (Å²) in [5, 5.41) is 0. The average molecular weight is 345 g/mol. The second kappa shape index (κ2) is 9.59. The average Bonchev–Trinajstić information content (AvgIpc) is 2.66. The molecule has 1 aliphatic rings. The van der Waals surface area contributed by atoms with Gasteiger partial charge >= 0.3 is 5.97 Å². The fraction of sp³-hybridized carbons (Fsp3) is 0.619. The predicted octanol–water partition coefficient (Wildman–Crippen LogP) is 4.08. The molecule has 1 saturated carbocycles. The lowest BCUT2D eigenvalue weighted by atomic mass is 9.80. The third-order valence-corrected chi connectivity index (χ3v) is 5.44. The number of methoxy groups -OCH3 is 1. The maximum absolute atomic E-state index is 12.9. The SMILES string of the molecule is COC(=O)CCc1ccccc1C(=O)N(C)CC(C)C1CCCCC1. The molecule has 0 saturated heterocycles. The van der Waals surface area contributed by atoms with Crippen molar-refractivity contribution in [3.05, 3.63) is 35.4 Å². The number of aryl methyl sites for hydroxylation is 1. The standard InChI is InChI=1S/C21H31NO3/c1-16(17-9-5-4-6-10-17)15-22(2)21(24)19-12-8-7-11-18(19)13-14-20(23)25-3/h7-8,11-12,16-17H,4-6,9-10,13-15H2,1-3H3. The van der Waals surface area contributed by atoms with Crippen molar-refractivity contribution in [3.8, 4) is 0 Å². The molecule has 0 N–H and O–H groups in total. The van der Waals surface area contributed by atoms with Crippen LogP contribution >= 0.6 is 0 Å². The van der Waals surface area contributed by atoms with Crippen molar-refractivity contribution < 1.29 is 14.3 Å². The highest BCUT2D eigenvalue weighted by Crippen LogP contribution is 2.30. The van der Waals surface area contributed by atoms with Crippen molar-refractivity contribution >= 4 is 11.9 Å². The highest BCUT2D eigenvalue weighted by atomic mass is 16.5. The summed E-state index contributed by atoms with van der Waals surface area (Å²) < 4.78 is 4.71. The molecule has 1 aromatic rings. The Bertz CT molecular complexity index is 578. The van der Waals surface area contributed by atoms with Crippen LogP contribution in [0.3, 0.4) is 0 Å². The molecular formula is C21H31NO3. The molecule has 0 aromatic heterocycles. The van der Waals surface area contributed by atoms with E-state index in [1.54, 1.807) is 0 Å². The van der Waals surface area contributed by atoms with Crippen LogP contribution < -0.4 is 0 Å². The quantitative estimate of drug-likeness (QED) is 0.700. The van der Waals surface area contributed by atoms with Crippen LogP contribution in [0.25, 0.3) is 0 Å². The molecule has 0 heterocycles. The number of hydrogen-bond donors (Lipinski definition) is 0. The molecule has 1 fully saturated rings. The van der Waals surface area contributed by atoms with Gasteiger partial charge in [-0.05, 0) is 29.9 Å². The molecule has 0 spiro atoms. The van der Waals surface area contributed by atoms with E-state index in [1.807, 2.05) is 36.2 Å². The Hall–Kier alpha value is -1.84. The number of hydrogen-bond acceptors (Lipinski definition) is 3. The molecule has 4 nitrogen and oxygen atoms in total. The zero-order valence-corrected chi connectivity index (χ0v) is 15.8. The van der Waals surface area contributed by atoms with Crippen LogP contribution in [0.2, 0.25) is 0 Å². The van der Waals surface area contributed by atoms with Crippen LogP contribution in [0.1, 0.15) is 61.4 Å². The summed E-state index contributed by atoms with van der Waals surface area (Å²) in [7, 11) is 3.28. The molecule has 4 heteroatoms. The van der Waals surface area contributed by atoms with Crippen LogP contribution in [0, 0.1) is 11.8 Å². The number of ether oxygens (including phenoxy) is 1. The number of carbonyl (C=O) groups excluding carboxylic acids is 2. The van der Waals surface area contributed by atoms with Crippen molar-refractivity contribution in [2.24, 2.45) is 11.8 Å². The molecule has 138 valence electrons. The van der Waals surface area contributed by atoms with Gasteiger partial charge < -0.3 is 9.64 Å². The summed E-state index contributed by atoms with van der Waals surface area (Å²) in [4.78, 5) is 26.2. The maximum Gasteiger partial charge on any atom is 0.305 e. The van der Waals surface area contributed by atoms with Gasteiger partial charge in [0.05, 0.1) is 7.11 Å². The second-order valence-electron chi connectivity index (χ2n) is 7.29. The number of esters is 1. The Kier molecular flexibility index (Phi) is 7.48. The largest absolute Gasteiger partial charge is 0.469 e. The van der Waals surface area contributed by atoms with Gasteiger partial charge in [0.2, 0.25) is 0 Å². The van der Waals surface area contributed by atoms with Gasteiger partial charge in [-0.2, -0.15) is 0 Å². The molecule has 2 rings (SSSR count). The Morgan fingerprint density at radius 3 is 2.56 bits per heavy atom. The smallest absolute Gasteiger partial charge is 0.305 e. The molecular weight excluding hydrogens is 314 g/mol.